The van der Waals surface area contributed by atoms with Crippen LogP contribution >= 0.6 is 54.5 Å². The molecule has 0 fully saturated rings. The number of aliphatic hydroxyl groups is 1. The maximum absolute atomic E-state index is 13.4. The van der Waals surface area contributed by atoms with E-state index in [1.165, 1.54) is 6.07 Å². The van der Waals surface area contributed by atoms with Crippen LogP contribution in [0.15, 0.2) is 45.3 Å². The van der Waals surface area contributed by atoms with Gasteiger partial charge in [-0.1, -0.05) is 28.1 Å². The molecule has 0 aliphatic rings. The molecule has 1 unspecified atom stereocenters. The van der Waals surface area contributed by atoms with Gasteiger partial charge in [-0.05, 0) is 73.9 Å². The molecule has 0 saturated heterocycles. The summed E-state index contributed by atoms with van der Waals surface area (Å²) in [5, 5.41) is 10.3. The first-order chi connectivity index (χ1) is 8.99. The third kappa shape index (κ3) is 3.77. The van der Waals surface area contributed by atoms with E-state index in [1.807, 2.05) is 18.2 Å². The Kier molecular flexibility index (Phi) is 5.39. The molecule has 0 saturated carbocycles. The fourth-order valence-electron chi connectivity index (χ4n) is 1.79. The minimum absolute atomic E-state index is 0.311. The number of rotatable bonds is 3. The van der Waals surface area contributed by atoms with Crippen molar-refractivity contribution in [3.63, 3.8) is 0 Å². The third-order valence-corrected chi connectivity index (χ3v) is 5.13. The molecular formula is C14H10Br2FIO. The van der Waals surface area contributed by atoms with Gasteiger partial charge in [0.1, 0.15) is 5.82 Å². The van der Waals surface area contributed by atoms with E-state index in [-0.39, 0.29) is 5.82 Å². The Morgan fingerprint density at radius 3 is 2.68 bits per heavy atom. The highest BCUT2D eigenvalue weighted by Gasteiger charge is 2.15. The second kappa shape index (κ2) is 6.65. The lowest BCUT2D eigenvalue weighted by molar-refractivity contribution is 0.177. The van der Waals surface area contributed by atoms with Crippen molar-refractivity contribution in [2.24, 2.45) is 0 Å². The smallest absolute Gasteiger partial charge is 0.137 e. The lowest BCUT2D eigenvalue weighted by Gasteiger charge is -2.14. The lowest BCUT2D eigenvalue weighted by atomic mass is 10.0. The molecule has 0 aliphatic carbocycles. The van der Waals surface area contributed by atoms with Crippen LogP contribution in [0.2, 0.25) is 0 Å². The van der Waals surface area contributed by atoms with Crippen LogP contribution in [-0.2, 0) is 6.42 Å². The minimum Gasteiger partial charge on any atom is -0.388 e. The van der Waals surface area contributed by atoms with E-state index in [2.05, 4.69) is 54.5 Å². The van der Waals surface area contributed by atoms with Crippen LogP contribution in [0.1, 0.15) is 17.2 Å². The predicted octanol–water partition coefficient (Wildman–Crippen LogP) is 5.23. The van der Waals surface area contributed by atoms with Gasteiger partial charge in [0.2, 0.25) is 0 Å². The molecule has 2 rings (SSSR count). The molecule has 100 valence electrons. The summed E-state index contributed by atoms with van der Waals surface area (Å²) in [6.45, 7) is 0. The number of halogens is 4. The average Bonchev–Trinajstić information content (AvgIpc) is 2.38. The van der Waals surface area contributed by atoms with Gasteiger partial charge in [0.15, 0.2) is 0 Å². The maximum atomic E-state index is 13.4. The van der Waals surface area contributed by atoms with Crippen molar-refractivity contribution in [2.45, 2.75) is 12.5 Å². The average molecular weight is 500 g/mol. The van der Waals surface area contributed by atoms with Gasteiger partial charge in [0, 0.05) is 14.5 Å². The number of aliphatic hydroxyl groups excluding tert-OH is 1. The molecule has 0 aliphatic heterocycles. The molecule has 0 aromatic heterocycles. The van der Waals surface area contributed by atoms with Gasteiger partial charge in [-0.25, -0.2) is 4.39 Å². The molecule has 0 heterocycles. The molecule has 1 atom stereocenters. The second-order valence-corrected chi connectivity index (χ2v) is 6.97. The monoisotopic (exact) mass is 498 g/mol. The van der Waals surface area contributed by atoms with Crippen molar-refractivity contribution >= 4 is 54.5 Å². The summed E-state index contributed by atoms with van der Waals surface area (Å²) >= 11 is 8.79. The Bertz CT molecular complexity index is 604. The van der Waals surface area contributed by atoms with Crippen molar-refractivity contribution in [3.8, 4) is 0 Å². The van der Waals surface area contributed by atoms with Gasteiger partial charge in [-0.3, -0.25) is 0 Å². The van der Waals surface area contributed by atoms with Gasteiger partial charge >= 0.3 is 0 Å². The number of hydrogen-bond donors (Lipinski definition) is 1. The van der Waals surface area contributed by atoms with Crippen molar-refractivity contribution in [2.75, 3.05) is 0 Å². The fourth-order valence-corrected chi connectivity index (χ4v) is 3.29. The first kappa shape index (κ1) is 15.4. The molecule has 19 heavy (non-hydrogen) atoms. The normalized spacial score (nSPS) is 12.5. The summed E-state index contributed by atoms with van der Waals surface area (Å²) in [5.41, 5.74) is 1.59. The van der Waals surface area contributed by atoms with Gasteiger partial charge in [-0.2, -0.15) is 0 Å². The molecular weight excluding hydrogens is 490 g/mol. The van der Waals surface area contributed by atoms with E-state index in [0.717, 1.165) is 19.2 Å². The maximum Gasteiger partial charge on any atom is 0.137 e. The van der Waals surface area contributed by atoms with Crippen LogP contribution in [-0.4, -0.2) is 5.11 Å². The van der Waals surface area contributed by atoms with Crippen LogP contribution in [0, 0.1) is 9.39 Å². The first-order valence-corrected chi connectivity index (χ1v) is 8.21. The van der Waals surface area contributed by atoms with Gasteiger partial charge in [-0.15, -0.1) is 0 Å². The zero-order valence-electron chi connectivity index (χ0n) is 9.71. The summed E-state index contributed by atoms with van der Waals surface area (Å²) in [6.07, 6.45) is -0.298. The molecule has 2 aromatic rings. The summed E-state index contributed by atoms with van der Waals surface area (Å²) in [5.74, 6) is -0.311. The molecule has 0 spiro atoms. The van der Waals surface area contributed by atoms with Crippen molar-refractivity contribution in [3.05, 3.63) is 65.9 Å². The highest BCUT2D eigenvalue weighted by Crippen LogP contribution is 2.29. The highest BCUT2D eigenvalue weighted by molar-refractivity contribution is 14.1. The summed E-state index contributed by atoms with van der Waals surface area (Å²) in [4.78, 5) is 0. The molecule has 5 heteroatoms. The van der Waals surface area contributed by atoms with Crippen LogP contribution in [0.5, 0.6) is 0 Å². The molecule has 0 radical (unpaired) electrons. The van der Waals surface area contributed by atoms with E-state index < -0.39 is 6.10 Å². The second-order valence-electron chi connectivity index (χ2n) is 4.10. The van der Waals surface area contributed by atoms with E-state index in [1.54, 1.807) is 12.1 Å². The third-order valence-electron chi connectivity index (χ3n) is 2.76. The Labute approximate surface area is 141 Å². The van der Waals surface area contributed by atoms with Crippen molar-refractivity contribution in [1.29, 1.82) is 0 Å². The summed E-state index contributed by atoms with van der Waals surface area (Å²) in [6, 6.07) is 10.6. The summed E-state index contributed by atoms with van der Waals surface area (Å²) < 4.78 is 15.8. The Morgan fingerprint density at radius 2 is 1.95 bits per heavy atom. The van der Waals surface area contributed by atoms with Crippen LogP contribution in [0.3, 0.4) is 0 Å². The van der Waals surface area contributed by atoms with Gasteiger partial charge in [0.25, 0.3) is 0 Å². The highest BCUT2D eigenvalue weighted by atomic mass is 127. The van der Waals surface area contributed by atoms with Gasteiger partial charge in [0.05, 0.1) is 10.6 Å². The molecule has 0 bridgehead atoms. The molecule has 1 nitrogen and oxygen atoms in total. The van der Waals surface area contributed by atoms with E-state index in [9.17, 15) is 9.50 Å². The predicted molar refractivity (Wildman–Crippen MR) is 89.6 cm³/mol. The number of hydrogen-bond acceptors (Lipinski definition) is 1. The lowest BCUT2D eigenvalue weighted by Crippen LogP contribution is -2.05. The molecule has 0 amide bonds. The quantitative estimate of drug-likeness (QED) is 0.573. The van der Waals surface area contributed by atoms with Crippen molar-refractivity contribution in [1.82, 2.24) is 0 Å². The topological polar surface area (TPSA) is 20.2 Å². The standard InChI is InChI=1S/C14H10Br2FIO/c15-9-4-5-12(18)10(7-9)13(19)6-8-2-1-3-11(17)14(8)16/h1-5,7,13,19H,6H2. The van der Waals surface area contributed by atoms with Crippen LogP contribution in [0.4, 0.5) is 4.39 Å². The summed E-state index contributed by atoms with van der Waals surface area (Å²) in [7, 11) is 0. The van der Waals surface area contributed by atoms with E-state index >= 15 is 0 Å². The van der Waals surface area contributed by atoms with Crippen LogP contribution in [0.25, 0.3) is 0 Å². The fraction of sp³-hybridized carbons (Fsp3) is 0.143. The zero-order chi connectivity index (χ0) is 14.0. The Hall–Kier alpha value is 0.0200. The van der Waals surface area contributed by atoms with Gasteiger partial charge < -0.3 is 5.11 Å². The van der Waals surface area contributed by atoms with E-state index in [4.69, 9.17) is 0 Å². The first-order valence-electron chi connectivity index (χ1n) is 5.55. The molecule has 2 aromatic carbocycles. The Balaban J connectivity index is 2.28. The molecule has 1 N–H and O–H groups in total. The van der Waals surface area contributed by atoms with Crippen molar-refractivity contribution < 1.29 is 9.50 Å². The SMILES string of the molecule is OC(Cc1cccc(F)c1Br)c1cc(Br)ccc1I. The van der Waals surface area contributed by atoms with Crippen LogP contribution < -0.4 is 0 Å². The minimum atomic E-state index is -0.664. The zero-order valence-corrected chi connectivity index (χ0v) is 15.0. The van der Waals surface area contributed by atoms with E-state index in [0.29, 0.717) is 10.9 Å². The largest absolute Gasteiger partial charge is 0.388 e. The Morgan fingerprint density at radius 1 is 1.21 bits per heavy atom. The number of benzene rings is 2.